The number of aryl methyl sites for hydroxylation is 4. The molecule has 0 saturated carbocycles. The maximum absolute atomic E-state index is 6.44. The second kappa shape index (κ2) is 13.7. The zero-order chi connectivity index (χ0) is 33.6. The molecule has 7 heteroatoms. The van der Waals surface area contributed by atoms with E-state index in [1.54, 1.807) is 0 Å². The van der Waals surface area contributed by atoms with E-state index in [4.69, 9.17) is 9.40 Å². The molecule has 0 unspecified atom stereocenters. The van der Waals surface area contributed by atoms with Crippen molar-refractivity contribution in [1.82, 2.24) is 19.5 Å². The van der Waals surface area contributed by atoms with Crippen LogP contribution in [0, 0.1) is 39.8 Å². The zero-order valence-electron chi connectivity index (χ0n) is 28.8. The second-order valence-electron chi connectivity index (χ2n) is 13.4. The van der Waals surface area contributed by atoms with Crippen LogP contribution in [0.2, 0.25) is 19.6 Å². The van der Waals surface area contributed by atoms with E-state index in [-0.39, 0.29) is 20.1 Å². The van der Waals surface area contributed by atoms with E-state index in [0.29, 0.717) is 0 Å². The molecule has 4 aromatic carbocycles. The van der Waals surface area contributed by atoms with Crippen molar-refractivity contribution in [3.63, 3.8) is 0 Å². The molecule has 0 amide bonds. The van der Waals surface area contributed by atoms with Crippen LogP contribution in [0.3, 0.4) is 0 Å². The summed E-state index contributed by atoms with van der Waals surface area (Å²) in [5, 5.41) is 3.63. The van der Waals surface area contributed by atoms with Crippen molar-refractivity contribution in [2.24, 2.45) is 0 Å². The van der Waals surface area contributed by atoms with Gasteiger partial charge in [0.2, 0.25) is 0 Å². The Morgan fingerprint density at radius 2 is 1.57 bits per heavy atom. The molecule has 0 atom stereocenters. The molecule has 5 nitrogen and oxygen atoms in total. The van der Waals surface area contributed by atoms with E-state index in [1.165, 1.54) is 10.8 Å². The maximum atomic E-state index is 6.44. The first-order valence-corrected chi connectivity index (χ1v) is 19.8. The first-order chi connectivity index (χ1) is 23.1. The van der Waals surface area contributed by atoms with Gasteiger partial charge in [0.1, 0.15) is 5.58 Å². The summed E-state index contributed by atoms with van der Waals surface area (Å²) in [4.78, 5) is 14.3. The number of hydrogen-bond donors (Lipinski definition) is 0. The number of para-hydroxylation sites is 1. The Kier molecular flexibility index (Phi) is 9.54. The van der Waals surface area contributed by atoms with Crippen LogP contribution >= 0.6 is 0 Å². The fourth-order valence-corrected chi connectivity index (χ4v) is 7.23. The third-order valence-corrected chi connectivity index (χ3v) is 10.7. The van der Waals surface area contributed by atoms with Gasteiger partial charge in [-0.3, -0.25) is 9.97 Å². The molecular weight excluding hydrogens is 797 g/mol. The summed E-state index contributed by atoms with van der Waals surface area (Å²) >= 11 is 0. The Morgan fingerprint density at radius 3 is 2.27 bits per heavy atom. The van der Waals surface area contributed by atoms with Crippen molar-refractivity contribution >= 4 is 46.2 Å². The van der Waals surface area contributed by atoms with Crippen molar-refractivity contribution in [2.75, 3.05) is 0 Å². The van der Waals surface area contributed by atoms with Crippen molar-refractivity contribution in [1.29, 1.82) is 0 Å². The number of imidazole rings is 1. The number of hydrogen-bond acceptors (Lipinski definition) is 4. The number of aromatic nitrogens is 4. The van der Waals surface area contributed by atoms with E-state index < -0.39 is 8.07 Å². The molecule has 4 aromatic heterocycles. The Bertz CT molecular complexity index is 2410. The fourth-order valence-electron chi connectivity index (χ4n) is 6.19. The fraction of sp³-hybridized carbons (Fsp3) is 0.167. The third kappa shape index (κ3) is 6.67. The van der Waals surface area contributed by atoms with E-state index in [9.17, 15) is 0 Å². The minimum Gasteiger partial charge on any atom is -0.501 e. The molecule has 0 aliphatic heterocycles. The summed E-state index contributed by atoms with van der Waals surface area (Å²) in [6.07, 6.45) is 2.02. The molecule has 0 spiro atoms. The summed E-state index contributed by atoms with van der Waals surface area (Å²) in [5.74, 6) is 0.808. The largest absolute Gasteiger partial charge is 0.501 e. The number of rotatable bonds is 4. The van der Waals surface area contributed by atoms with Crippen LogP contribution in [0.15, 0.2) is 108 Å². The number of pyridine rings is 2. The Morgan fingerprint density at radius 1 is 0.796 bits per heavy atom. The van der Waals surface area contributed by atoms with Gasteiger partial charge in [0.25, 0.3) is 0 Å². The predicted octanol–water partition coefficient (Wildman–Crippen LogP) is 10.1. The Hall–Kier alpha value is -4.68. The van der Waals surface area contributed by atoms with Crippen LogP contribution < -0.4 is 5.19 Å². The van der Waals surface area contributed by atoms with Gasteiger partial charge >= 0.3 is 0 Å². The van der Waals surface area contributed by atoms with E-state index in [0.717, 1.165) is 78.3 Å². The number of furan rings is 1. The summed E-state index contributed by atoms with van der Waals surface area (Å²) in [7, 11) is -1.23. The molecule has 49 heavy (non-hydrogen) atoms. The second-order valence-corrected chi connectivity index (χ2v) is 18.5. The Labute approximate surface area is 302 Å². The average Bonchev–Trinajstić information content (AvgIpc) is 3.65. The molecule has 0 aliphatic carbocycles. The smallest absolute Gasteiger partial charge is 0.121 e. The molecule has 0 saturated heterocycles. The molecule has 8 rings (SSSR count). The van der Waals surface area contributed by atoms with Gasteiger partial charge in [-0.05, 0) is 61.5 Å². The van der Waals surface area contributed by atoms with Crippen LogP contribution in [-0.2, 0) is 20.1 Å². The minimum atomic E-state index is -1.23. The van der Waals surface area contributed by atoms with E-state index >= 15 is 0 Å². The molecule has 247 valence electrons. The average molecular weight is 835 g/mol. The standard InChI is InChI=1S/C28H22N3O.C14H16NSi.Ir/c1-16-10-12-21-24(14-16)32-27-22(13-11-17(2)25(21)27)28-30-26-19(4)29-18(3)15-23(26)31(28)20-8-6-5-7-9-20;1-16(2,3)13-9-10-14(15-11-13)12-7-5-4-6-8-12;/h5-12,14-15H,1-4H3;4-7,9-11H,1-3H3;/q2*-1;. The van der Waals surface area contributed by atoms with Crippen LogP contribution in [0.1, 0.15) is 22.5 Å². The van der Waals surface area contributed by atoms with Crippen LogP contribution in [0.5, 0.6) is 0 Å². The van der Waals surface area contributed by atoms with Crippen LogP contribution in [0.4, 0.5) is 0 Å². The SMILES string of the molecule is C[Si](C)(C)c1ccc(-c2[c-]cccc2)nc1.Cc1ccc2c(c1)oc1c(-c3nc4c(C)nc(C)cc4n3-c3ccccc3)[c-]cc(C)c12.[Ir]. The maximum Gasteiger partial charge on any atom is 0.121 e. The molecule has 1 radical (unpaired) electrons. The molecule has 4 heterocycles. The summed E-state index contributed by atoms with van der Waals surface area (Å²) in [5.41, 5.74) is 11.8. The molecule has 0 N–H and O–H groups in total. The van der Waals surface area contributed by atoms with Crippen molar-refractivity contribution in [3.8, 4) is 28.3 Å². The normalized spacial score (nSPS) is 11.4. The van der Waals surface area contributed by atoms with Crippen molar-refractivity contribution in [3.05, 3.63) is 138 Å². The van der Waals surface area contributed by atoms with Gasteiger partial charge in [-0.1, -0.05) is 80.0 Å². The van der Waals surface area contributed by atoms with Gasteiger partial charge in [-0.15, -0.1) is 53.6 Å². The van der Waals surface area contributed by atoms with E-state index in [1.807, 2.05) is 68.6 Å². The minimum absolute atomic E-state index is 0. The van der Waals surface area contributed by atoms with Gasteiger partial charge in [0, 0.05) is 43.1 Å². The van der Waals surface area contributed by atoms with Gasteiger partial charge in [0.05, 0.1) is 36.2 Å². The molecule has 0 fully saturated rings. The zero-order valence-corrected chi connectivity index (χ0v) is 32.2. The van der Waals surface area contributed by atoms with Crippen molar-refractivity contribution in [2.45, 2.75) is 47.3 Å². The summed E-state index contributed by atoms with van der Waals surface area (Å²) < 4.78 is 8.63. The Balaban J connectivity index is 0.000000208. The van der Waals surface area contributed by atoms with Gasteiger partial charge in [-0.25, -0.2) is 0 Å². The topological polar surface area (TPSA) is 56.7 Å². The van der Waals surface area contributed by atoms with Crippen LogP contribution in [-0.4, -0.2) is 27.6 Å². The van der Waals surface area contributed by atoms with Gasteiger partial charge in [-0.2, -0.15) is 0 Å². The summed E-state index contributed by atoms with van der Waals surface area (Å²) in [6, 6.07) is 39.7. The van der Waals surface area contributed by atoms with Crippen LogP contribution in [0.25, 0.3) is 61.3 Å². The number of nitrogens with zero attached hydrogens (tertiary/aromatic N) is 4. The third-order valence-electron chi connectivity index (χ3n) is 8.70. The first kappa shape index (κ1) is 34.2. The number of benzene rings is 4. The number of fused-ring (bicyclic) bond motifs is 4. The molecule has 0 aliphatic rings. The molecule has 8 aromatic rings. The first-order valence-electron chi connectivity index (χ1n) is 16.3. The summed E-state index contributed by atoms with van der Waals surface area (Å²) in [6.45, 7) is 15.2. The molecule has 0 bridgehead atoms. The van der Waals surface area contributed by atoms with Gasteiger partial charge < -0.3 is 14.0 Å². The van der Waals surface area contributed by atoms with Crippen molar-refractivity contribution < 1.29 is 24.5 Å². The van der Waals surface area contributed by atoms with Gasteiger partial charge in [0.15, 0.2) is 0 Å². The molecular formula is C42H38IrN4OSi-2. The quantitative estimate of drug-likeness (QED) is 0.131. The van der Waals surface area contributed by atoms with E-state index in [2.05, 4.69) is 109 Å². The predicted molar refractivity (Wildman–Crippen MR) is 201 cm³/mol. The monoisotopic (exact) mass is 835 g/mol.